The van der Waals surface area contributed by atoms with Gasteiger partial charge in [-0.1, -0.05) is 5.16 Å². The summed E-state index contributed by atoms with van der Waals surface area (Å²) in [5.74, 6) is -2.79. The van der Waals surface area contributed by atoms with Crippen molar-refractivity contribution in [1.29, 1.82) is 0 Å². The predicted molar refractivity (Wildman–Crippen MR) is 71.6 cm³/mol. The van der Waals surface area contributed by atoms with Crippen LogP contribution in [0.4, 0.5) is 8.78 Å². The highest BCUT2D eigenvalue weighted by Gasteiger charge is 2.50. The molecule has 1 aliphatic heterocycles. The van der Waals surface area contributed by atoms with E-state index in [0.717, 1.165) is 17.7 Å². The third-order valence-electron chi connectivity index (χ3n) is 4.00. The van der Waals surface area contributed by atoms with Crippen LogP contribution in [0.1, 0.15) is 53.4 Å². The van der Waals surface area contributed by atoms with Crippen molar-refractivity contribution in [2.24, 2.45) is 0 Å². The monoisotopic (exact) mass is 321 g/mol. The summed E-state index contributed by atoms with van der Waals surface area (Å²) in [4.78, 5) is 25.4. The molecule has 4 rings (SSSR count). The Morgan fingerprint density at radius 2 is 2.17 bits per heavy atom. The van der Waals surface area contributed by atoms with Crippen molar-refractivity contribution in [3.05, 3.63) is 36.0 Å². The van der Waals surface area contributed by atoms with Crippen LogP contribution in [0.2, 0.25) is 0 Å². The molecule has 120 valence electrons. The normalized spacial score (nSPS) is 23.2. The van der Waals surface area contributed by atoms with Gasteiger partial charge in [0.15, 0.2) is 5.82 Å². The Morgan fingerprint density at radius 1 is 1.35 bits per heavy atom. The number of nitrogens with zero attached hydrogens (tertiary/aromatic N) is 5. The van der Waals surface area contributed by atoms with Gasteiger partial charge in [-0.05, 0) is 12.8 Å². The number of rotatable bonds is 3. The lowest BCUT2D eigenvalue weighted by Gasteiger charge is -2.20. The highest BCUT2D eigenvalue weighted by molar-refractivity contribution is 5.92. The number of likely N-dealkylation sites (tertiary alicyclic amines) is 1. The number of carbonyl (C=O) groups excluding carboxylic acids is 1. The molecule has 0 unspecified atom stereocenters. The number of alkyl halides is 2. The fourth-order valence-corrected chi connectivity index (χ4v) is 2.70. The van der Waals surface area contributed by atoms with Crippen molar-refractivity contribution < 1.29 is 18.1 Å². The van der Waals surface area contributed by atoms with Crippen LogP contribution in [-0.4, -0.2) is 43.4 Å². The summed E-state index contributed by atoms with van der Waals surface area (Å²) in [7, 11) is 0. The van der Waals surface area contributed by atoms with Crippen molar-refractivity contribution in [1.82, 2.24) is 25.0 Å². The number of carbonyl (C=O) groups is 1. The lowest BCUT2D eigenvalue weighted by atomic mass is 10.2. The molecule has 9 heteroatoms. The molecule has 0 bridgehead atoms. The molecule has 7 nitrogen and oxygen atoms in total. The lowest BCUT2D eigenvalue weighted by molar-refractivity contribution is 0.0116. The molecule has 0 aromatic carbocycles. The highest BCUT2D eigenvalue weighted by atomic mass is 19.3. The molecule has 2 fully saturated rings. The zero-order chi connectivity index (χ0) is 16.0. The van der Waals surface area contributed by atoms with E-state index in [-0.39, 0.29) is 17.5 Å². The minimum Gasteiger partial charge on any atom is -0.337 e. The molecule has 0 N–H and O–H groups in total. The summed E-state index contributed by atoms with van der Waals surface area (Å²) in [5, 5.41) is 3.84. The summed E-state index contributed by atoms with van der Waals surface area (Å²) in [6.45, 7) is -0.700. The van der Waals surface area contributed by atoms with E-state index < -0.39 is 30.8 Å². The third-order valence-corrected chi connectivity index (χ3v) is 4.00. The summed E-state index contributed by atoms with van der Waals surface area (Å²) in [6, 6.07) is -0.945. The van der Waals surface area contributed by atoms with Crippen LogP contribution in [0.3, 0.4) is 0 Å². The summed E-state index contributed by atoms with van der Waals surface area (Å²) in [6.07, 6.45) is 5.41. The maximum Gasteiger partial charge on any atom is 0.274 e. The summed E-state index contributed by atoms with van der Waals surface area (Å²) >= 11 is 0. The van der Waals surface area contributed by atoms with E-state index in [4.69, 9.17) is 4.52 Å². The van der Waals surface area contributed by atoms with E-state index in [0.29, 0.717) is 5.82 Å². The Labute approximate surface area is 129 Å². The van der Waals surface area contributed by atoms with Gasteiger partial charge in [0, 0.05) is 24.7 Å². The first-order chi connectivity index (χ1) is 11.0. The molecular formula is C14H13F2N5O2. The number of aromatic nitrogens is 4. The van der Waals surface area contributed by atoms with Gasteiger partial charge in [0.1, 0.15) is 11.7 Å². The Kier molecular flexibility index (Phi) is 3.10. The molecule has 2 aromatic heterocycles. The van der Waals surface area contributed by atoms with E-state index in [9.17, 15) is 13.6 Å². The molecule has 2 aromatic rings. The first kappa shape index (κ1) is 14.2. The van der Waals surface area contributed by atoms with Crippen molar-refractivity contribution in [2.45, 2.75) is 37.1 Å². The zero-order valence-corrected chi connectivity index (χ0v) is 12.0. The van der Waals surface area contributed by atoms with Crippen molar-refractivity contribution in [3.63, 3.8) is 0 Å². The molecule has 1 atom stereocenters. The second kappa shape index (κ2) is 5.04. The van der Waals surface area contributed by atoms with E-state index in [1.807, 2.05) is 0 Å². The minimum atomic E-state index is -3.00. The first-order valence-corrected chi connectivity index (χ1v) is 7.32. The maximum absolute atomic E-state index is 13.9. The van der Waals surface area contributed by atoms with Gasteiger partial charge >= 0.3 is 0 Å². The van der Waals surface area contributed by atoms with Gasteiger partial charge < -0.3 is 9.42 Å². The Bertz CT molecular complexity index is 732. The SMILES string of the molecule is O=C(c1cnccn1)N1CC(F)(F)C[C@H]1c1nc(C2CC2)no1. The number of hydrogen-bond donors (Lipinski definition) is 0. The van der Waals surface area contributed by atoms with Gasteiger partial charge in [0.25, 0.3) is 11.8 Å². The fourth-order valence-electron chi connectivity index (χ4n) is 2.70. The summed E-state index contributed by atoms with van der Waals surface area (Å²) in [5.41, 5.74) is 0.0112. The fraction of sp³-hybridized carbons (Fsp3) is 0.500. The topological polar surface area (TPSA) is 85.0 Å². The average molecular weight is 321 g/mol. The maximum atomic E-state index is 13.9. The smallest absolute Gasteiger partial charge is 0.274 e. The number of halogens is 2. The van der Waals surface area contributed by atoms with Gasteiger partial charge in [-0.2, -0.15) is 4.98 Å². The van der Waals surface area contributed by atoms with E-state index >= 15 is 0 Å². The third kappa shape index (κ3) is 2.66. The van der Waals surface area contributed by atoms with Gasteiger partial charge in [0.05, 0.1) is 12.7 Å². The second-order valence-corrected chi connectivity index (χ2v) is 5.86. The van der Waals surface area contributed by atoms with Gasteiger partial charge in [-0.15, -0.1) is 0 Å². The van der Waals surface area contributed by atoms with Crippen LogP contribution in [0.25, 0.3) is 0 Å². The van der Waals surface area contributed by atoms with E-state index in [1.165, 1.54) is 18.6 Å². The van der Waals surface area contributed by atoms with E-state index in [1.54, 1.807) is 0 Å². The van der Waals surface area contributed by atoms with Crippen LogP contribution in [0.15, 0.2) is 23.1 Å². The van der Waals surface area contributed by atoms with Crippen molar-refractivity contribution >= 4 is 5.91 Å². The minimum absolute atomic E-state index is 0.0112. The van der Waals surface area contributed by atoms with Crippen LogP contribution in [0, 0.1) is 0 Å². The lowest BCUT2D eigenvalue weighted by Crippen LogP contribution is -2.33. The molecular weight excluding hydrogens is 308 g/mol. The molecule has 3 heterocycles. The highest BCUT2D eigenvalue weighted by Crippen LogP contribution is 2.43. The Balaban J connectivity index is 1.64. The number of amides is 1. The zero-order valence-electron chi connectivity index (χ0n) is 12.0. The predicted octanol–water partition coefficient (Wildman–Crippen LogP) is 1.96. The largest absolute Gasteiger partial charge is 0.337 e. The molecule has 23 heavy (non-hydrogen) atoms. The Morgan fingerprint density at radius 3 is 2.87 bits per heavy atom. The molecule has 1 saturated heterocycles. The summed E-state index contributed by atoms with van der Waals surface area (Å²) < 4.78 is 32.9. The molecule has 1 saturated carbocycles. The van der Waals surface area contributed by atoms with Gasteiger partial charge in [-0.25, -0.2) is 13.8 Å². The molecule has 2 aliphatic rings. The quantitative estimate of drug-likeness (QED) is 0.859. The first-order valence-electron chi connectivity index (χ1n) is 7.32. The standard InChI is InChI=1S/C14H13F2N5O2/c15-14(16)5-10(12-19-11(20-23-12)8-1-2-8)21(7-14)13(22)9-6-17-3-4-18-9/h3-4,6,8,10H,1-2,5,7H2/t10-/m0/s1. The van der Waals surface area contributed by atoms with Crippen molar-refractivity contribution in [3.8, 4) is 0 Å². The van der Waals surface area contributed by atoms with Crippen molar-refractivity contribution in [2.75, 3.05) is 6.54 Å². The van der Waals surface area contributed by atoms with Crippen LogP contribution < -0.4 is 0 Å². The molecule has 1 amide bonds. The second-order valence-electron chi connectivity index (χ2n) is 5.86. The average Bonchev–Trinajstić information content (AvgIpc) is 3.18. The number of hydrogen-bond acceptors (Lipinski definition) is 6. The van der Waals surface area contributed by atoms with Gasteiger partial charge in [0.2, 0.25) is 5.89 Å². The molecule has 0 spiro atoms. The molecule has 0 radical (unpaired) electrons. The van der Waals surface area contributed by atoms with Gasteiger partial charge in [-0.3, -0.25) is 9.78 Å². The van der Waals surface area contributed by atoms with Crippen LogP contribution >= 0.6 is 0 Å². The van der Waals surface area contributed by atoms with Crippen LogP contribution in [-0.2, 0) is 0 Å². The van der Waals surface area contributed by atoms with Crippen LogP contribution in [0.5, 0.6) is 0 Å². The Hall–Kier alpha value is -2.45. The van der Waals surface area contributed by atoms with E-state index in [2.05, 4.69) is 20.1 Å². The molecule has 1 aliphatic carbocycles.